The van der Waals surface area contributed by atoms with Crippen LogP contribution in [-0.4, -0.2) is 20.7 Å². The molecule has 0 fully saturated rings. The van der Waals surface area contributed by atoms with Gasteiger partial charge in [0.2, 0.25) is 0 Å². The standard InChI is InChI=1S/C18H17IN4O/c1-3-11-7-4-5-8-12(11)14-16(15-13(19)9-6-10-21-15)22-23(2)17(14)18(20)24/h4-10H,3H2,1-2H3,(H2,20,24). The molecule has 0 unspecified atom stereocenters. The fraction of sp³-hybridized carbons (Fsp3) is 0.167. The lowest BCUT2D eigenvalue weighted by Gasteiger charge is -2.10. The van der Waals surface area contributed by atoms with Gasteiger partial charge < -0.3 is 5.73 Å². The number of carbonyl (C=O) groups excluding carboxylic acids is 1. The molecule has 2 aromatic heterocycles. The van der Waals surface area contributed by atoms with Gasteiger partial charge in [-0.25, -0.2) is 0 Å². The summed E-state index contributed by atoms with van der Waals surface area (Å²) in [6.45, 7) is 2.09. The van der Waals surface area contributed by atoms with Gasteiger partial charge in [-0.3, -0.25) is 14.5 Å². The van der Waals surface area contributed by atoms with Crippen LogP contribution < -0.4 is 5.73 Å². The minimum Gasteiger partial charge on any atom is -0.364 e. The van der Waals surface area contributed by atoms with E-state index in [1.165, 1.54) is 0 Å². The van der Waals surface area contributed by atoms with Gasteiger partial charge in [-0.15, -0.1) is 0 Å². The lowest BCUT2D eigenvalue weighted by atomic mass is 9.95. The smallest absolute Gasteiger partial charge is 0.267 e. The first-order chi connectivity index (χ1) is 11.5. The summed E-state index contributed by atoms with van der Waals surface area (Å²) in [4.78, 5) is 16.6. The van der Waals surface area contributed by atoms with E-state index in [-0.39, 0.29) is 0 Å². The third-order valence-corrected chi connectivity index (χ3v) is 4.80. The Balaban J connectivity index is 2.39. The number of nitrogens with zero attached hydrogens (tertiary/aromatic N) is 3. The molecule has 3 aromatic rings. The van der Waals surface area contributed by atoms with Crippen LogP contribution in [0.2, 0.25) is 0 Å². The zero-order chi connectivity index (χ0) is 17.3. The molecule has 0 radical (unpaired) electrons. The highest BCUT2D eigenvalue weighted by Gasteiger charge is 2.25. The maximum Gasteiger partial charge on any atom is 0.267 e. The maximum absolute atomic E-state index is 12.1. The van der Waals surface area contributed by atoms with E-state index in [9.17, 15) is 4.79 Å². The molecule has 0 saturated heterocycles. The van der Waals surface area contributed by atoms with Crippen molar-refractivity contribution in [1.82, 2.24) is 14.8 Å². The molecule has 5 nitrogen and oxygen atoms in total. The monoisotopic (exact) mass is 432 g/mol. The second-order valence-electron chi connectivity index (χ2n) is 5.40. The summed E-state index contributed by atoms with van der Waals surface area (Å²) in [6, 6.07) is 11.9. The summed E-state index contributed by atoms with van der Waals surface area (Å²) in [7, 11) is 1.73. The summed E-state index contributed by atoms with van der Waals surface area (Å²) >= 11 is 2.23. The van der Waals surface area contributed by atoms with Crippen LogP contribution in [0.3, 0.4) is 0 Å². The van der Waals surface area contributed by atoms with E-state index >= 15 is 0 Å². The SMILES string of the molecule is CCc1ccccc1-c1c(-c2ncccc2I)nn(C)c1C(N)=O. The highest BCUT2D eigenvalue weighted by molar-refractivity contribution is 14.1. The van der Waals surface area contributed by atoms with Crippen molar-refractivity contribution in [3.8, 4) is 22.5 Å². The van der Waals surface area contributed by atoms with Gasteiger partial charge in [0.05, 0.1) is 0 Å². The van der Waals surface area contributed by atoms with Crippen molar-refractivity contribution in [3.05, 3.63) is 57.4 Å². The van der Waals surface area contributed by atoms with E-state index in [2.05, 4.69) is 45.7 Å². The average molecular weight is 432 g/mol. The summed E-state index contributed by atoms with van der Waals surface area (Å²) in [5.41, 5.74) is 10.3. The molecule has 0 saturated carbocycles. The number of benzene rings is 1. The van der Waals surface area contributed by atoms with Crippen LogP contribution in [0.5, 0.6) is 0 Å². The van der Waals surface area contributed by atoms with Crippen LogP contribution in [0.25, 0.3) is 22.5 Å². The van der Waals surface area contributed by atoms with Gasteiger partial charge in [-0.05, 0) is 52.3 Å². The predicted octanol–water partition coefficient (Wildman–Crippen LogP) is 3.42. The molecule has 122 valence electrons. The Morgan fingerprint density at radius 3 is 2.62 bits per heavy atom. The lowest BCUT2D eigenvalue weighted by molar-refractivity contribution is 0.0992. The zero-order valence-electron chi connectivity index (χ0n) is 13.5. The molecule has 0 aliphatic rings. The largest absolute Gasteiger partial charge is 0.364 e. The maximum atomic E-state index is 12.1. The normalized spacial score (nSPS) is 10.8. The Morgan fingerprint density at radius 2 is 1.96 bits per heavy atom. The van der Waals surface area contributed by atoms with Gasteiger partial charge in [0, 0.05) is 22.4 Å². The third kappa shape index (κ3) is 2.82. The number of nitrogens with two attached hydrogens (primary N) is 1. The number of hydrogen-bond donors (Lipinski definition) is 1. The van der Waals surface area contributed by atoms with E-state index in [1.54, 1.807) is 17.9 Å². The van der Waals surface area contributed by atoms with Gasteiger partial charge >= 0.3 is 0 Å². The lowest BCUT2D eigenvalue weighted by Crippen LogP contribution is -2.17. The molecule has 1 amide bonds. The Labute approximate surface area is 154 Å². The summed E-state index contributed by atoms with van der Waals surface area (Å²) in [5, 5.41) is 4.56. The number of halogens is 1. The number of pyridine rings is 1. The molecule has 0 aliphatic carbocycles. The zero-order valence-corrected chi connectivity index (χ0v) is 15.6. The van der Waals surface area contributed by atoms with Crippen molar-refractivity contribution in [2.24, 2.45) is 12.8 Å². The second kappa shape index (κ2) is 6.72. The van der Waals surface area contributed by atoms with Gasteiger partial charge in [0.15, 0.2) is 0 Å². The Hall–Kier alpha value is -2.22. The van der Waals surface area contributed by atoms with E-state index in [1.807, 2.05) is 30.3 Å². The molecule has 2 N–H and O–H groups in total. The first kappa shape index (κ1) is 16.6. The molecule has 0 atom stereocenters. The Morgan fingerprint density at radius 1 is 1.21 bits per heavy atom. The van der Waals surface area contributed by atoms with Gasteiger partial charge in [-0.2, -0.15) is 5.10 Å². The first-order valence-corrected chi connectivity index (χ1v) is 8.68. The summed E-state index contributed by atoms with van der Waals surface area (Å²) in [6.07, 6.45) is 2.58. The van der Waals surface area contributed by atoms with Crippen LogP contribution in [0.4, 0.5) is 0 Å². The van der Waals surface area contributed by atoms with Gasteiger partial charge in [-0.1, -0.05) is 31.2 Å². The van der Waals surface area contributed by atoms with E-state index in [0.29, 0.717) is 11.4 Å². The fourth-order valence-electron chi connectivity index (χ4n) is 2.86. The molecule has 0 bridgehead atoms. The van der Waals surface area contributed by atoms with Crippen molar-refractivity contribution < 1.29 is 4.79 Å². The number of hydrogen-bond acceptors (Lipinski definition) is 3. The van der Waals surface area contributed by atoms with Crippen molar-refractivity contribution in [3.63, 3.8) is 0 Å². The molecule has 6 heteroatoms. The van der Waals surface area contributed by atoms with E-state index < -0.39 is 5.91 Å². The topological polar surface area (TPSA) is 73.8 Å². The number of primary amides is 1. The van der Waals surface area contributed by atoms with Crippen molar-refractivity contribution in [2.45, 2.75) is 13.3 Å². The third-order valence-electron chi connectivity index (χ3n) is 3.93. The fourth-order valence-corrected chi connectivity index (χ4v) is 3.46. The van der Waals surface area contributed by atoms with Crippen LogP contribution in [0, 0.1) is 3.57 Å². The Kier molecular flexibility index (Phi) is 4.66. The minimum atomic E-state index is -0.497. The first-order valence-electron chi connectivity index (χ1n) is 7.60. The summed E-state index contributed by atoms with van der Waals surface area (Å²) in [5.74, 6) is -0.497. The molecule has 2 heterocycles. The Bertz CT molecular complexity index is 917. The predicted molar refractivity (Wildman–Crippen MR) is 102 cm³/mol. The number of rotatable bonds is 4. The molecule has 1 aromatic carbocycles. The molecule has 24 heavy (non-hydrogen) atoms. The van der Waals surface area contributed by atoms with Crippen LogP contribution >= 0.6 is 22.6 Å². The molecule has 0 aliphatic heterocycles. The minimum absolute atomic E-state index is 0.396. The quantitative estimate of drug-likeness (QED) is 0.643. The number of amides is 1. The molecule has 0 spiro atoms. The number of carbonyl (C=O) groups is 1. The molecule has 3 rings (SSSR count). The van der Waals surface area contributed by atoms with E-state index in [4.69, 9.17) is 5.73 Å². The van der Waals surface area contributed by atoms with Gasteiger partial charge in [0.25, 0.3) is 5.91 Å². The summed E-state index contributed by atoms with van der Waals surface area (Å²) < 4.78 is 2.52. The van der Waals surface area contributed by atoms with Crippen molar-refractivity contribution in [1.29, 1.82) is 0 Å². The number of aromatic nitrogens is 3. The molecular formula is C18H17IN4O. The van der Waals surface area contributed by atoms with Gasteiger partial charge in [0.1, 0.15) is 17.1 Å². The van der Waals surface area contributed by atoms with Crippen molar-refractivity contribution in [2.75, 3.05) is 0 Å². The average Bonchev–Trinajstić information content (AvgIpc) is 2.92. The van der Waals surface area contributed by atoms with E-state index in [0.717, 1.165) is 32.4 Å². The molecular weight excluding hydrogens is 415 g/mol. The highest BCUT2D eigenvalue weighted by Crippen LogP contribution is 2.36. The highest BCUT2D eigenvalue weighted by atomic mass is 127. The van der Waals surface area contributed by atoms with Crippen molar-refractivity contribution >= 4 is 28.5 Å². The van der Waals surface area contributed by atoms with Crippen LogP contribution in [0.15, 0.2) is 42.6 Å². The number of aryl methyl sites for hydroxylation is 2. The van der Waals surface area contributed by atoms with Crippen LogP contribution in [-0.2, 0) is 13.5 Å². The second-order valence-corrected chi connectivity index (χ2v) is 6.57. The van der Waals surface area contributed by atoms with Crippen LogP contribution in [0.1, 0.15) is 23.0 Å².